The summed E-state index contributed by atoms with van der Waals surface area (Å²) in [6.07, 6.45) is 0. The molecule has 0 radical (unpaired) electrons. The molecule has 0 saturated heterocycles. The largest absolute Gasteiger partial charge is 0.497 e. The number of oxime groups is 1. The minimum atomic E-state index is -0.328. The Hall–Kier alpha value is -2.50. The summed E-state index contributed by atoms with van der Waals surface area (Å²) < 4.78 is 6.55. The van der Waals surface area contributed by atoms with Crippen molar-refractivity contribution < 1.29 is 9.94 Å². The topological polar surface area (TPSA) is 89.8 Å². The van der Waals surface area contributed by atoms with E-state index in [2.05, 4.69) is 5.16 Å². The van der Waals surface area contributed by atoms with Crippen LogP contribution in [0.1, 0.15) is 5.56 Å². The number of benzene rings is 1. The van der Waals surface area contributed by atoms with E-state index in [1.54, 1.807) is 32.4 Å². The maximum absolute atomic E-state index is 12.0. The summed E-state index contributed by atoms with van der Waals surface area (Å²) in [6, 6.07) is 6.93. The molecule has 2 rings (SSSR count). The lowest BCUT2D eigenvalue weighted by molar-refractivity contribution is 0.318. The van der Waals surface area contributed by atoms with Crippen molar-refractivity contribution in [2.45, 2.75) is 0 Å². The normalized spacial score (nSPS) is 11.8. The summed E-state index contributed by atoms with van der Waals surface area (Å²) >= 11 is 0. The van der Waals surface area contributed by atoms with Crippen molar-refractivity contribution in [2.75, 3.05) is 7.11 Å². The van der Waals surface area contributed by atoms with Crippen LogP contribution in [-0.2, 0) is 7.05 Å². The number of methoxy groups -OCH3 is 1. The van der Waals surface area contributed by atoms with Crippen LogP contribution < -0.4 is 16.0 Å². The van der Waals surface area contributed by atoms with Crippen LogP contribution in [0.15, 0.2) is 34.2 Å². The maximum atomic E-state index is 12.0. The highest BCUT2D eigenvalue weighted by atomic mass is 16.5. The third kappa shape index (κ3) is 1.77. The molecule has 0 amide bonds. The van der Waals surface area contributed by atoms with Crippen molar-refractivity contribution in [2.24, 2.45) is 17.9 Å². The average Bonchev–Trinajstić information content (AvgIpc) is 2.41. The highest BCUT2D eigenvalue weighted by Gasteiger charge is 2.10. The Morgan fingerprint density at radius 1 is 1.44 bits per heavy atom. The van der Waals surface area contributed by atoms with Gasteiger partial charge in [-0.1, -0.05) is 5.16 Å². The predicted octanol–water partition coefficient (Wildman–Crippen LogP) is 0.642. The maximum Gasteiger partial charge on any atom is 0.261 e. The molecule has 0 spiro atoms. The van der Waals surface area contributed by atoms with E-state index < -0.39 is 0 Å². The van der Waals surface area contributed by atoms with Crippen molar-refractivity contribution in [1.82, 2.24) is 4.57 Å². The van der Waals surface area contributed by atoms with E-state index in [0.29, 0.717) is 11.3 Å². The molecule has 3 N–H and O–H groups in total. The van der Waals surface area contributed by atoms with E-state index in [4.69, 9.17) is 15.7 Å². The summed E-state index contributed by atoms with van der Waals surface area (Å²) in [6.45, 7) is 0. The summed E-state index contributed by atoms with van der Waals surface area (Å²) in [5.74, 6) is 0.461. The SMILES string of the molecule is COc1ccc2cc(/C(N)=N/O)c(=O)n(C)c2c1. The lowest BCUT2D eigenvalue weighted by Crippen LogP contribution is -2.28. The highest BCUT2D eigenvalue weighted by molar-refractivity contribution is 5.99. The van der Waals surface area contributed by atoms with Crippen LogP contribution in [-0.4, -0.2) is 22.7 Å². The zero-order chi connectivity index (χ0) is 13.3. The molecule has 0 aliphatic heterocycles. The Kier molecular flexibility index (Phi) is 2.93. The molecule has 0 unspecified atom stereocenters. The van der Waals surface area contributed by atoms with Crippen LogP contribution in [0.25, 0.3) is 10.9 Å². The molecule has 0 aliphatic rings. The van der Waals surface area contributed by atoms with Crippen LogP contribution in [0.5, 0.6) is 5.75 Å². The molecular weight excluding hydrogens is 234 g/mol. The van der Waals surface area contributed by atoms with E-state index in [9.17, 15) is 4.79 Å². The third-order valence-electron chi connectivity index (χ3n) is 2.82. The first-order valence-corrected chi connectivity index (χ1v) is 5.24. The Balaban J connectivity index is 2.83. The Morgan fingerprint density at radius 3 is 2.78 bits per heavy atom. The zero-order valence-corrected chi connectivity index (χ0v) is 10.0. The van der Waals surface area contributed by atoms with E-state index in [1.165, 1.54) is 4.57 Å². The van der Waals surface area contributed by atoms with Crippen LogP contribution >= 0.6 is 0 Å². The molecule has 0 bridgehead atoms. The lowest BCUT2D eigenvalue weighted by Gasteiger charge is -2.09. The van der Waals surface area contributed by atoms with Gasteiger partial charge in [0.25, 0.3) is 5.56 Å². The predicted molar refractivity (Wildman–Crippen MR) is 68.3 cm³/mol. The number of pyridine rings is 1. The van der Waals surface area contributed by atoms with Gasteiger partial charge in [-0.25, -0.2) is 0 Å². The van der Waals surface area contributed by atoms with Gasteiger partial charge in [0.15, 0.2) is 5.84 Å². The molecule has 94 valence electrons. The van der Waals surface area contributed by atoms with E-state index in [-0.39, 0.29) is 17.0 Å². The molecule has 18 heavy (non-hydrogen) atoms. The zero-order valence-electron chi connectivity index (χ0n) is 10.0. The van der Waals surface area contributed by atoms with Crippen LogP contribution in [0, 0.1) is 0 Å². The number of aryl methyl sites for hydroxylation is 1. The summed E-state index contributed by atoms with van der Waals surface area (Å²) in [4.78, 5) is 12.0. The van der Waals surface area contributed by atoms with Gasteiger partial charge in [0.2, 0.25) is 0 Å². The van der Waals surface area contributed by atoms with Gasteiger partial charge < -0.3 is 20.2 Å². The van der Waals surface area contributed by atoms with Gasteiger partial charge in [-0.2, -0.15) is 0 Å². The van der Waals surface area contributed by atoms with E-state index in [1.807, 2.05) is 6.07 Å². The first-order valence-electron chi connectivity index (χ1n) is 5.24. The first-order chi connectivity index (χ1) is 8.58. The van der Waals surface area contributed by atoms with E-state index in [0.717, 1.165) is 5.39 Å². The molecule has 6 nitrogen and oxygen atoms in total. The number of rotatable bonds is 2. The van der Waals surface area contributed by atoms with Crippen molar-refractivity contribution >= 4 is 16.7 Å². The minimum Gasteiger partial charge on any atom is -0.497 e. The number of nitrogens with two attached hydrogens (primary N) is 1. The number of hydrogen-bond donors (Lipinski definition) is 2. The molecule has 1 aromatic carbocycles. The van der Waals surface area contributed by atoms with Crippen molar-refractivity contribution in [3.05, 3.63) is 40.2 Å². The fourth-order valence-electron chi connectivity index (χ4n) is 1.81. The number of fused-ring (bicyclic) bond motifs is 1. The summed E-state index contributed by atoms with van der Waals surface area (Å²) in [7, 11) is 3.18. The van der Waals surface area contributed by atoms with Gasteiger partial charge in [0.1, 0.15) is 5.75 Å². The third-order valence-corrected chi connectivity index (χ3v) is 2.82. The lowest BCUT2D eigenvalue weighted by atomic mass is 10.1. The second-order valence-electron chi connectivity index (χ2n) is 3.83. The smallest absolute Gasteiger partial charge is 0.261 e. The molecule has 0 aliphatic carbocycles. The van der Waals surface area contributed by atoms with Gasteiger partial charge in [-0.05, 0) is 23.6 Å². The Morgan fingerprint density at radius 2 is 2.17 bits per heavy atom. The van der Waals surface area contributed by atoms with Gasteiger partial charge in [-0.15, -0.1) is 0 Å². The first kappa shape index (κ1) is 12.0. The fourth-order valence-corrected chi connectivity index (χ4v) is 1.81. The van der Waals surface area contributed by atoms with Crippen molar-refractivity contribution in [3.63, 3.8) is 0 Å². The minimum absolute atomic E-state index is 0.165. The van der Waals surface area contributed by atoms with Crippen molar-refractivity contribution in [3.8, 4) is 5.75 Å². The van der Waals surface area contributed by atoms with Crippen LogP contribution in [0.3, 0.4) is 0 Å². The Labute approximate surface area is 103 Å². The molecular formula is C12H13N3O3. The van der Waals surface area contributed by atoms with E-state index >= 15 is 0 Å². The molecule has 0 saturated carbocycles. The second kappa shape index (κ2) is 4.40. The molecule has 0 atom stereocenters. The van der Waals surface area contributed by atoms with Crippen LogP contribution in [0.2, 0.25) is 0 Å². The van der Waals surface area contributed by atoms with Gasteiger partial charge >= 0.3 is 0 Å². The molecule has 2 aromatic rings. The number of amidine groups is 1. The van der Waals surface area contributed by atoms with Crippen LogP contribution in [0.4, 0.5) is 0 Å². The van der Waals surface area contributed by atoms with Gasteiger partial charge in [0.05, 0.1) is 18.2 Å². The molecule has 1 aromatic heterocycles. The molecule has 0 fully saturated rings. The quantitative estimate of drug-likeness (QED) is 0.353. The second-order valence-corrected chi connectivity index (χ2v) is 3.83. The van der Waals surface area contributed by atoms with Gasteiger partial charge in [0, 0.05) is 13.1 Å². The van der Waals surface area contributed by atoms with Crippen molar-refractivity contribution in [1.29, 1.82) is 0 Å². The average molecular weight is 247 g/mol. The number of nitrogens with zero attached hydrogens (tertiary/aromatic N) is 2. The number of aromatic nitrogens is 1. The standard InChI is InChI=1S/C12H13N3O3/c1-15-10-6-8(18-2)4-3-7(10)5-9(12(15)16)11(13)14-17/h3-6,17H,1-2H3,(H2,13,14). The highest BCUT2D eigenvalue weighted by Crippen LogP contribution is 2.19. The molecule has 1 heterocycles. The monoisotopic (exact) mass is 247 g/mol. The van der Waals surface area contributed by atoms with Gasteiger partial charge in [-0.3, -0.25) is 4.79 Å². The Bertz CT molecular complexity index is 689. The fraction of sp³-hybridized carbons (Fsp3) is 0.167. The summed E-state index contributed by atoms with van der Waals surface area (Å²) in [5, 5.41) is 12.3. The number of hydrogen-bond acceptors (Lipinski definition) is 4. The molecule has 6 heteroatoms. The summed E-state index contributed by atoms with van der Waals surface area (Å²) in [5.41, 5.74) is 6.03. The number of ether oxygens (including phenoxy) is 1.